The average Bonchev–Trinajstić information content (AvgIpc) is 2.93. The van der Waals surface area contributed by atoms with Crippen LogP contribution in [0, 0.1) is 16.9 Å². The summed E-state index contributed by atoms with van der Waals surface area (Å²) in [6.07, 6.45) is 11.3. The van der Waals surface area contributed by atoms with Gasteiger partial charge in [0.1, 0.15) is 20.3 Å². The van der Waals surface area contributed by atoms with Gasteiger partial charge in [0.2, 0.25) is 0 Å². The van der Waals surface area contributed by atoms with Gasteiger partial charge in [-0.05, 0) is 24.3 Å². The lowest BCUT2D eigenvalue weighted by molar-refractivity contribution is -0.198. The molecule has 1 unspecified atom stereocenters. The highest BCUT2D eigenvalue weighted by Gasteiger charge is 2.47. The van der Waals surface area contributed by atoms with E-state index in [-0.39, 0.29) is 18.8 Å². The molecule has 1 heterocycles. The standard InChI is InChI=1S/C24H38O5Si/c1-23(2,3)21(22(25)26)27-18-20-19(14-10-7-8-13-17-30(4,5)6)28-24(29-20)15-11-9-12-16-24/h7-8,10,14,19-21H,9,11-12,15-16,18H2,1-6H3,(H,25,26)/t19-,20+,21?/m1/s1. The van der Waals surface area contributed by atoms with Gasteiger partial charge in [0.25, 0.3) is 0 Å². The van der Waals surface area contributed by atoms with Crippen LogP contribution >= 0.6 is 0 Å². The lowest BCUT2D eigenvalue weighted by Gasteiger charge is -2.32. The number of carbonyl (C=O) groups is 1. The van der Waals surface area contributed by atoms with Gasteiger partial charge in [0.05, 0.1) is 6.61 Å². The summed E-state index contributed by atoms with van der Waals surface area (Å²) in [5, 5.41) is 9.54. The van der Waals surface area contributed by atoms with Gasteiger partial charge in [-0.25, -0.2) is 4.79 Å². The Hall–Kier alpha value is -1.39. The van der Waals surface area contributed by atoms with Crippen LogP contribution < -0.4 is 0 Å². The molecule has 1 aliphatic heterocycles. The molecule has 2 aliphatic rings. The first kappa shape index (κ1) is 24.9. The molecular weight excluding hydrogens is 396 g/mol. The van der Waals surface area contributed by atoms with Gasteiger partial charge in [-0.2, -0.15) is 0 Å². The summed E-state index contributed by atoms with van der Waals surface area (Å²) < 4.78 is 18.5. The fraction of sp³-hybridized carbons (Fsp3) is 0.708. The topological polar surface area (TPSA) is 65.0 Å². The molecule has 0 bridgehead atoms. The predicted octanol–water partition coefficient (Wildman–Crippen LogP) is 4.94. The Morgan fingerprint density at radius 2 is 1.87 bits per heavy atom. The molecular formula is C24H38O5Si. The van der Waals surface area contributed by atoms with Crippen LogP contribution in [0.2, 0.25) is 19.6 Å². The molecule has 1 spiro atoms. The lowest BCUT2D eigenvalue weighted by atomic mass is 9.89. The minimum Gasteiger partial charge on any atom is -0.479 e. The summed E-state index contributed by atoms with van der Waals surface area (Å²) in [4.78, 5) is 11.6. The van der Waals surface area contributed by atoms with Crippen LogP contribution in [0.15, 0.2) is 24.3 Å². The highest BCUT2D eigenvalue weighted by Crippen LogP contribution is 2.41. The van der Waals surface area contributed by atoms with Crippen LogP contribution in [-0.4, -0.2) is 49.9 Å². The van der Waals surface area contributed by atoms with Gasteiger partial charge < -0.3 is 19.3 Å². The van der Waals surface area contributed by atoms with Crippen LogP contribution in [0.25, 0.3) is 0 Å². The van der Waals surface area contributed by atoms with Crippen molar-refractivity contribution in [2.24, 2.45) is 5.41 Å². The number of carboxylic acid groups (broad SMARTS) is 1. The van der Waals surface area contributed by atoms with Crippen molar-refractivity contribution in [3.63, 3.8) is 0 Å². The number of hydrogen-bond acceptors (Lipinski definition) is 4. The third-order valence-electron chi connectivity index (χ3n) is 5.18. The quantitative estimate of drug-likeness (QED) is 0.364. The van der Waals surface area contributed by atoms with Gasteiger partial charge in [0.15, 0.2) is 11.9 Å². The van der Waals surface area contributed by atoms with E-state index in [1.165, 1.54) is 6.42 Å². The average molecular weight is 435 g/mol. The summed E-state index contributed by atoms with van der Waals surface area (Å²) in [6, 6.07) is 0. The van der Waals surface area contributed by atoms with Gasteiger partial charge in [0, 0.05) is 12.8 Å². The molecule has 1 saturated heterocycles. The van der Waals surface area contributed by atoms with E-state index in [2.05, 4.69) is 31.1 Å². The van der Waals surface area contributed by atoms with Crippen molar-refractivity contribution in [1.82, 2.24) is 0 Å². The maximum absolute atomic E-state index is 11.6. The molecule has 0 aromatic rings. The first-order valence-corrected chi connectivity index (χ1v) is 14.5. The van der Waals surface area contributed by atoms with E-state index in [4.69, 9.17) is 14.2 Å². The summed E-state index contributed by atoms with van der Waals surface area (Å²) in [5.74, 6) is 1.59. The molecule has 30 heavy (non-hydrogen) atoms. The summed E-state index contributed by atoms with van der Waals surface area (Å²) >= 11 is 0. The van der Waals surface area contributed by atoms with Crippen molar-refractivity contribution in [3.8, 4) is 11.5 Å². The third-order valence-corrected chi connectivity index (χ3v) is 6.07. The van der Waals surface area contributed by atoms with Crippen molar-refractivity contribution in [2.75, 3.05) is 6.61 Å². The van der Waals surface area contributed by atoms with E-state index < -0.39 is 31.3 Å². The zero-order valence-electron chi connectivity index (χ0n) is 19.4. The first-order chi connectivity index (χ1) is 13.9. The second-order valence-corrected chi connectivity index (χ2v) is 15.1. The summed E-state index contributed by atoms with van der Waals surface area (Å²) in [5.41, 5.74) is 2.80. The smallest absolute Gasteiger partial charge is 0.333 e. The van der Waals surface area contributed by atoms with Crippen molar-refractivity contribution < 1.29 is 24.1 Å². The zero-order valence-corrected chi connectivity index (χ0v) is 20.4. The van der Waals surface area contributed by atoms with E-state index >= 15 is 0 Å². The molecule has 3 atom stereocenters. The third kappa shape index (κ3) is 7.70. The molecule has 0 aromatic carbocycles. The maximum atomic E-state index is 11.6. The number of carboxylic acids is 1. The number of aliphatic carboxylic acids is 1. The van der Waals surface area contributed by atoms with E-state index in [1.807, 2.05) is 45.1 Å². The first-order valence-electron chi connectivity index (χ1n) is 11.0. The van der Waals surface area contributed by atoms with Crippen LogP contribution in [0.1, 0.15) is 52.9 Å². The van der Waals surface area contributed by atoms with Crippen molar-refractivity contribution in [3.05, 3.63) is 24.3 Å². The van der Waals surface area contributed by atoms with E-state index in [0.29, 0.717) is 0 Å². The fourth-order valence-electron chi connectivity index (χ4n) is 3.73. The molecule has 2 rings (SSSR count). The summed E-state index contributed by atoms with van der Waals surface area (Å²) in [6.45, 7) is 12.4. The van der Waals surface area contributed by atoms with Crippen molar-refractivity contribution in [2.45, 2.75) is 96.6 Å². The molecule has 6 heteroatoms. The molecule has 0 aromatic heterocycles. The highest BCUT2D eigenvalue weighted by molar-refractivity contribution is 6.83. The Balaban J connectivity index is 2.07. The van der Waals surface area contributed by atoms with Crippen molar-refractivity contribution in [1.29, 1.82) is 0 Å². The Kier molecular flexibility index (Phi) is 8.52. The zero-order chi connectivity index (χ0) is 22.4. The van der Waals surface area contributed by atoms with Gasteiger partial charge in [-0.1, -0.05) is 71.0 Å². The Bertz CT molecular complexity index is 696. The SMILES string of the molecule is CC(C)(C)C(OC[C@@H]1OC2(CCCCC2)O[C@@H]1C=CC=CC#C[Si](C)(C)C)C(=O)O. The van der Waals surface area contributed by atoms with E-state index in [0.717, 1.165) is 25.7 Å². The second kappa shape index (κ2) is 10.3. The minimum atomic E-state index is -1.37. The highest BCUT2D eigenvalue weighted by atomic mass is 28.3. The van der Waals surface area contributed by atoms with Crippen molar-refractivity contribution >= 4 is 14.0 Å². The number of rotatable bonds is 6. The molecule has 1 saturated carbocycles. The molecule has 1 aliphatic carbocycles. The lowest BCUT2D eigenvalue weighted by Crippen LogP contribution is -2.40. The molecule has 0 amide bonds. The Morgan fingerprint density at radius 3 is 2.43 bits per heavy atom. The van der Waals surface area contributed by atoms with Crippen LogP contribution in [0.5, 0.6) is 0 Å². The Morgan fingerprint density at radius 1 is 1.20 bits per heavy atom. The van der Waals surface area contributed by atoms with E-state index in [1.54, 1.807) is 0 Å². The molecule has 168 valence electrons. The number of hydrogen-bond donors (Lipinski definition) is 1. The van der Waals surface area contributed by atoms with Crippen LogP contribution in [0.4, 0.5) is 0 Å². The van der Waals surface area contributed by atoms with Crippen LogP contribution in [0.3, 0.4) is 0 Å². The molecule has 0 radical (unpaired) electrons. The maximum Gasteiger partial charge on any atom is 0.333 e. The molecule has 1 N–H and O–H groups in total. The van der Waals surface area contributed by atoms with E-state index in [9.17, 15) is 9.90 Å². The normalized spacial score (nSPS) is 25.5. The van der Waals surface area contributed by atoms with Crippen LogP contribution in [-0.2, 0) is 19.0 Å². The van der Waals surface area contributed by atoms with Gasteiger partial charge in [-0.15, -0.1) is 5.54 Å². The number of allylic oxidation sites excluding steroid dienone is 3. The number of ether oxygens (including phenoxy) is 3. The van der Waals surface area contributed by atoms with Gasteiger partial charge >= 0.3 is 5.97 Å². The monoisotopic (exact) mass is 434 g/mol. The molecule has 2 fully saturated rings. The summed E-state index contributed by atoms with van der Waals surface area (Å²) in [7, 11) is -1.37. The second-order valence-electron chi connectivity index (χ2n) is 10.4. The van der Waals surface area contributed by atoms with Gasteiger partial charge in [-0.3, -0.25) is 0 Å². The minimum absolute atomic E-state index is 0.185. The predicted molar refractivity (Wildman–Crippen MR) is 122 cm³/mol. The largest absolute Gasteiger partial charge is 0.479 e. The fourth-order valence-corrected chi connectivity index (χ4v) is 4.25. The molecule has 5 nitrogen and oxygen atoms in total. The Labute approximate surface area is 182 Å².